The second-order valence-electron chi connectivity index (χ2n) is 31.9. The Kier molecular flexibility index (Phi) is 45.3. The highest BCUT2D eigenvalue weighted by molar-refractivity contribution is 7.22. The van der Waals surface area contributed by atoms with E-state index in [9.17, 15) is 48.6 Å². The standard InChI is InChI=1S/C86H122FN17O23S2/c1-58(2)74(94-83(113)127-86(4,5)6)78(109)91-68(21-14-29-89-80(88)112)77(108)90-63-26-25-61(62(52-63)53-101(8)85(115)126-57-64-54-102(99-96-64)32-35-117-37-39-119-41-43-121-45-47-123-49-48-122-46-44-120-42-40-118-38-36-116-34-28-73(106)107)56-125-84(114)100(7)30-15-18-60-24-27-69(66(87)51-60)124-33-17-23-71-75(79(110)111)93-82(129-71)103(31-16-19-65(105)55-104(9,10)11)72-50-59(3)76(98-97-72)95-81-92-67-20-12-13-22-70(67)128-81/h12-13,20,22,24-27,50-52,54,58,65,68,74,105H,14,16-17,19,21,23,28-49,53,55-57H2,1-11H3,(H8-,88,89,90,91,92,94,95,98,106,107,108,109,110,111,112,113)/t65?,68-,74-/m0/s1. The molecule has 0 saturated carbocycles. The number of aliphatic hydroxyl groups is 1. The van der Waals surface area contributed by atoms with Crippen molar-refractivity contribution >= 4 is 109 Å². The summed E-state index contributed by atoms with van der Waals surface area (Å²) in [6.45, 7) is 16.1. The Morgan fingerprint density at radius 1 is 0.705 bits per heavy atom. The third-order valence-electron chi connectivity index (χ3n) is 18.4. The summed E-state index contributed by atoms with van der Waals surface area (Å²) in [4.78, 5) is 117. The first kappa shape index (κ1) is 105. The van der Waals surface area contributed by atoms with Crippen molar-refractivity contribution in [1.82, 2.24) is 60.9 Å². The molecule has 0 bridgehead atoms. The van der Waals surface area contributed by atoms with Crippen LogP contribution in [0.25, 0.3) is 10.2 Å². The van der Waals surface area contributed by atoms with Gasteiger partial charge in [0, 0.05) is 49.9 Å². The van der Waals surface area contributed by atoms with Gasteiger partial charge in [0.2, 0.25) is 11.8 Å². The van der Waals surface area contributed by atoms with Gasteiger partial charge < -0.3 is 128 Å². The number of aliphatic hydroxyl groups excluding tert-OH is 1. The van der Waals surface area contributed by atoms with Crippen LogP contribution in [-0.4, -0.2) is 305 Å². The third kappa shape index (κ3) is 40.6. The topological polar surface area (TPSA) is 489 Å². The summed E-state index contributed by atoms with van der Waals surface area (Å²) in [7, 11) is 8.88. The quantitative estimate of drug-likeness (QED) is 0.00815. The van der Waals surface area contributed by atoms with E-state index >= 15 is 4.39 Å². The van der Waals surface area contributed by atoms with Gasteiger partial charge in [-0.05, 0) is 137 Å². The molecule has 9 N–H and O–H groups in total. The number of carboxylic acids is 2. The lowest BCUT2D eigenvalue weighted by molar-refractivity contribution is -0.873. The largest absolute Gasteiger partial charge is 0.543 e. The fraction of sp³-hybridized carbons (Fsp3) is 0.558. The number of carboxylic acid groups (broad SMARTS) is 2. The number of nitrogens with one attached hydrogen (secondary N) is 5. The number of quaternary nitrogens is 1. The molecule has 7 aromatic rings. The molecule has 0 spiro atoms. The molecule has 129 heavy (non-hydrogen) atoms. The van der Waals surface area contributed by atoms with E-state index in [4.69, 9.17) is 67.7 Å². The van der Waals surface area contributed by atoms with Crippen molar-refractivity contribution in [1.29, 1.82) is 0 Å². The van der Waals surface area contributed by atoms with Crippen molar-refractivity contribution in [2.24, 2.45) is 11.7 Å². The molecule has 1 unspecified atom stereocenters. The van der Waals surface area contributed by atoms with Crippen molar-refractivity contribution in [2.45, 2.75) is 137 Å². The summed E-state index contributed by atoms with van der Waals surface area (Å²) in [6, 6.07) is 15.2. The number of urea groups is 1. The number of carbonyl (C=O) groups is 8. The fourth-order valence-electron chi connectivity index (χ4n) is 12.0. The van der Waals surface area contributed by atoms with Gasteiger partial charge in [-0.15, -0.1) is 26.6 Å². The number of fused-ring (bicyclic) bond motifs is 1. The monoisotopic (exact) mass is 1840 g/mol. The molecular formula is C86H122FN17O23S2. The molecule has 0 aliphatic rings. The number of rotatable bonds is 60. The van der Waals surface area contributed by atoms with Crippen LogP contribution in [0.1, 0.15) is 116 Å². The van der Waals surface area contributed by atoms with Crippen molar-refractivity contribution in [2.75, 3.05) is 189 Å². The number of ether oxygens (including phenoxy) is 12. The van der Waals surface area contributed by atoms with Gasteiger partial charge >= 0.3 is 30.3 Å². The lowest BCUT2D eigenvalue weighted by atomic mass is 10.0. The van der Waals surface area contributed by atoms with Gasteiger partial charge in [-0.1, -0.05) is 60.4 Å². The first-order valence-corrected chi connectivity index (χ1v) is 43.9. The van der Waals surface area contributed by atoms with Crippen molar-refractivity contribution in [3.63, 3.8) is 0 Å². The number of amides is 7. The first-order valence-electron chi connectivity index (χ1n) is 42.3. The predicted molar refractivity (Wildman–Crippen MR) is 473 cm³/mol. The molecule has 0 aliphatic heterocycles. The SMILES string of the molecule is Cc1cc(N(CCCC(O)C[N+](C)(C)C)c2nc(C(=O)[O-])c(CCCOc3ccc(C#CCN(C)C(=O)OCc4ccc(NC(=O)[C@H](CCCNC(N)=O)NC(=O)[C@@H](NC(=O)OC(C)(C)C)C(C)C)cc4CN(C)C(=O)OCc4cn(CCOCCOCCOCCOCCOCCOCCOCCOCCC(=O)O)nn4)cc3F)s2)nnc1Nc1nc2ccccc2s1. The number of alkyl carbamates (subject to hydrolysis) is 1. The number of primary amides is 1. The van der Waals surface area contributed by atoms with Gasteiger partial charge in [0.15, 0.2) is 33.5 Å². The average molecular weight is 1850 g/mol. The predicted octanol–water partition coefficient (Wildman–Crippen LogP) is 7.10. The number of carbonyl (C=O) groups excluding carboxylic acids is 7. The van der Waals surface area contributed by atoms with Crippen LogP contribution < -0.4 is 47.1 Å². The van der Waals surface area contributed by atoms with Crippen LogP contribution in [0, 0.1) is 30.5 Å². The number of aromatic nitrogens is 7. The number of nitrogens with two attached hydrogens (primary N) is 1. The zero-order chi connectivity index (χ0) is 93.7. The van der Waals surface area contributed by atoms with Crippen LogP contribution in [0.4, 0.5) is 51.2 Å². The molecule has 0 aliphatic carbocycles. The number of anilines is 5. The molecule has 40 nitrogen and oxygen atoms in total. The van der Waals surface area contributed by atoms with Crippen LogP contribution in [0.3, 0.4) is 0 Å². The van der Waals surface area contributed by atoms with Gasteiger partial charge in [-0.3, -0.25) is 14.4 Å². The number of aromatic carboxylic acids is 1. The van der Waals surface area contributed by atoms with E-state index in [1.54, 1.807) is 57.8 Å². The van der Waals surface area contributed by atoms with E-state index in [0.29, 0.717) is 173 Å². The first-order chi connectivity index (χ1) is 61.7. The number of hydrogen-bond acceptors (Lipinski definition) is 32. The summed E-state index contributed by atoms with van der Waals surface area (Å²) in [6.07, 6.45) is 0.0833. The molecule has 4 aromatic heterocycles. The minimum absolute atomic E-state index is 0.000217. The number of benzene rings is 3. The second kappa shape index (κ2) is 55.7. The highest BCUT2D eigenvalue weighted by atomic mass is 32.1. The second-order valence-corrected chi connectivity index (χ2v) is 34.0. The van der Waals surface area contributed by atoms with E-state index in [1.165, 1.54) is 64.2 Å². The normalized spacial score (nSPS) is 12.2. The molecule has 3 atom stereocenters. The number of para-hydroxylation sites is 1. The van der Waals surface area contributed by atoms with Crippen LogP contribution in [0.15, 0.2) is 72.9 Å². The average Bonchev–Trinajstić information content (AvgIpc) is 1.76. The number of aliphatic carboxylic acids is 1. The fourth-order valence-corrected chi connectivity index (χ4v) is 14.0. The minimum atomic E-state index is -1.48. The van der Waals surface area contributed by atoms with Gasteiger partial charge in [0.1, 0.15) is 54.9 Å². The Labute approximate surface area is 757 Å². The van der Waals surface area contributed by atoms with Crippen molar-refractivity contribution < 1.29 is 119 Å². The number of hydrogen-bond donors (Lipinski definition) is 8. The highest BCUT2D eigenvalue weighted by Crippen LogP contribution is 2.35. The molecule has 3 aromatic carbocycles. The molecule has 0 radical (unpaired) electrons. The van der Waals surface area contributed by atoms with Crippen molar-refractivity contribution in [3.05, 3.63) is 117 Å². The number of likely N-dealkylation sites (N-methyl/N-ethyl adjacent to an activating group) is 1. The maximum absolute atomic E-state index is 15.7. The van der Waals surface area contributed by atoms with E-state index in [1.807, 2.05) is 58.4 Å². The molecule has 0 saturated heterocycles. The summed E-state index contributed by atoms with van der Waals surface area (Å²) in [5.41, 5.74) is 7.31. The summed E-state index contributed by atoms with van der Waals surface area (Å²) in [5.74, 6) is 1.56. The minimum Gasteiger partial charge on any atom is -0.543 e. The molecular weight excluding hydrogens is 1720 g/mol. The smallest absolute Gasteiger partial charge is 0.410 e. The maximum Gasteiger partial charge on any atom is 0.410 e. The Morgan fingerprint density at radius 3 is 1.95 bits per heavy atom. The summed E-state index contributed by atoms with van der Waals surface area (Å²) in [5, 5.41) is 64.3. The van der Waals surface area contributed by atoms with Crippen LogP contribution in [0.5, 0.6) is 5.75 Å². The number of aryl methyl sites for hydroxylation is 2. The van der Waals surface area contributed by atoms with Gasteiger partial charge in [-0.25, -0.2) is 38.2 Å². The van der Waals surface area contributed by atoms with Gasteiger partial charge in [0.05, 0.1) is 175 Å². The Balaban J connectivity index is 0.901. The van der Waals surface area contributed by atoms with E-state index in [-0.39, 0.29) is 107 Å². The van der Waals surface area contributed by atoms with E-state index < -0.39 is 83.6 Å². The molecule has 7 amide bonds. The maximum atomic E-state index is 15.7. The Bertz CT molecular complexity index is 4720. The van der Waals surface area contributed by atoms with Crippen molar-refractivity contribution in [3.8, 4) is 17.6 Å². The van der Waals surface area contributed by atoms with Crippen LogP contribution >= 0.6 is 22.7 Å². The van der Waals surface area contributed by atoms with Crippen LogP contribution in [0.2, 0.25) is 0 Å². The highest BCUT2D eigenvalue weighted by Gasteiger charge is 2.32. The Hall–Kier alpha value is -11.1. The van der Waals surface area contributed by atoms with Gasteiger partial charge in [-0.2, -0.15) is 0 Å². The number of thiazole rings is 2. The zero-order valence-electron chi connectivity index (χ0n) is 75.0. The molecule has 7 rings (SSSR count). The van der Waals surface area contributed by atoms with E-state index in [0.717, 1.165) is 27.1 Å². The lowest BCUT2D eigenvalue weighted by Gasteiger charge is -2.27. The lowest BCUT2D eigenvalue weighted by Crippen LogP contribution is -2.55. The van der Waals surface area contributed by atoms with E-state index in [2.05, 4.69) is 68.9 Å². The summed E-state index contributed by atoms with van der Waals surface area (Å²) >= 11 is 2.62. The number of nitrogens with zero attached hydrogens (tertiary/aromatic N) is 11. The number of halogens is 1. The van der Waals surface area contributed by atoms with Gasteiger partial charge in [0.25, 0.3) is 0 Å². The molecule has 0 fully saturated rings. The third-order valence-corrected chi connectivity index (χ3v) is 20.5. The molecule has 708 valence electrons. The zero-order valence-corrected chi connectivity index (χ0v) is 76.7. The summed E-state index contributed by atoms with van der Waals surface area (Å²) < 4.78 is 85.3. The van der Waals surface area contributed by atoms with Crippen LogP contribution in [-0.2, 0) is 99.2 Å². The Morgan fingerprint density at radius 2 is 1.34 bits per heavy atom. The molecule has 4 heterocycles. The molecule has 43 heteroatoms.